The number of aliphatic hydroxyl groups is 1. The molecule has 138 valence electrons. The highest BCUT2D eigenvalue weighted by Gasteiger charge is 2.39. The average Bonchev–Trinajstić information content (AvgIpc) is 3.28. The number of nitrogens with zero attached hydrogens (tertiary/aromatic N) is 2. The van der Waals surface area contributed by atoms with Crippen molar-refractivity contribution in [2.45, 2.75) is 65.2 Å². The lowest BCUT2D eigenvalue weighted by atomic mass is 9.70. The molecule has 1 N–H and O–H groups in total. The Morgan fingerprint density at radius 3 is 2.40 bits per heavy atom. The summed E-state index contributed by atoms with van der Waals surface area (Å²) < 4.78 is 2.62. The summed E-state index contributed by atoms with van der Waals surface area (Å²) in [4.78, 5) is 5.15. The molecule has 1 saturated heterocycles. The van der Waals surface area contributed by atoms with Crippen molar-refractivity contribution < 1.29 is 5.11 Å². The topological polar surface area (TPSA) is 38.1 Å². The normalized spacial score (nSPS) is 20.7. The molecule has 0 radical (unpaired) electrons. The zero-order chi connectivity index (χ0) is 18.1. The van der Waals surface area contributed by atoms with E-state index in [-0.39, 0.29) is 25.5 Å². The highest BCUT2D eigenvalue weighted by Crippen LogP contribution is 2.51. The molecule has 1 aliphatic heterocycles. The lowest BCUT2D eigenvalue weighted by molar-refractivity contribution is 0.0976. The van der Waals surface area contributed by atoms with Crippen LogP contribution in [0.25, 0.3) is 11.0 Å². The fourth-order valence-electron chi connectivity index (χ4n) is 4.19. The number of fused-ring (bicyclic) bond motifs is 1. The number of aromatic nitrogens is 2. The highest BCUT2D eigenvalue weighted by molar-refractivity contribution is 7.56. The Balaban J connectivity index is 2.13. The molecule has 0 bridgehead atoms. The summed E-state index contributed by atoms with van der Waals surface area (Å²) in [5, 5.41) is 9.99. The smallest absolute Gasteiger partial charge is 0.119 e. The second kappa shape index (κ2) is 7.37. The summed E-state index contributed by atoms with van der Waals surface area (Å²) in [6.45, 7) is 9.29. The van der Waals surface area contributed by atoms with Crippen molar-refractivity contribution in [1.29, 1.82) is 0 Å². The van der Waals surface area contributed by atoms with Crippen LogP contribution in [0.3, 0.4) is 0 Å². The molecule has 2 unspecified atom stereocenters. The van der Waals surface area contributed by atoms with Gasteiger partial charge in [0, 0.05) is 12.0 Å². The van der Waals surface area contributed by atoms with E-state index in [2.05, 4.69) is 56.3 Å². The number of aliphatic hydroxyl groups excluding tert-OH is 1. The van der Waals surface area contributed by atoms with Gasteiger partial charge in [0.15, 0.2) is 0 Å². The SMILES string of the molecule is CCC(C)(CO)CC(C)(CC)c1nc2ccccc2n1P1CCCC1. The van der Waals surface area contributed by atoms with E-state index in [1.165, 1.54) is 36.5 Å². The van der Waals surface area contributed by atoms with Crippen LogP contribution in [0.5, 0.6) is 0 Å². The third-order valence-electron chi connectivity index (χ3n) is 6.27. The quantitative estimate of drug-likeness (QED) is 0.658. The van der Waals surface area contributed by atoms with Crippen molar-refractivity contribution in [2.24, 2.45) is 5.41 Å². The number of imidazole rings is 1. The van der Waals surface area contributed by atoms with Gasteiger partial charge in [-0.15, -0.1) is 0 Å². The van der Waals surface area contributed by atoms with Gasteiger partial charge < -0.3 is 9.44 Å². The first kappa shape index (κ1) is 18.9. The van der Waals surface area contributed by atoms with E-state index in [4.69, 9.17) is 4.98 Å². The molecule has 1 aromatic carbocycles. The van der Waals surface area contributed by atoms with Crippen LogP contribution in [0.15, 0.2) is 24.3 Å². The van der Waals surface area contributed by atoms with Gasteiger partial charge in [-0.3, -0.25) is 0 Å². The lowest BCUT2D eigenvalue weighted by Gasteiger charge is -2.38. The van der Waals surface area contributed by atoms with Crippen molar-refractivity contribution in [3.8, 4) is 0 Å². The van der Waals surface area contributed by atoms with Crippen LogP contribution < -0.4 is 0 Å². The minimum absolute atomic E-state index is 0.00255. The van der Waals surface area contributed by atoms with E-state index >= 15 is 0 Å². The molecule has 0 spiro atoms. The van der Waals surface area contributed by atoms with Crippen molar-refractivity contribution >= 4 is 19.1 Å². The van der Waals surface area contributed by atoms with Crippen LogP contribution in [0.1, 0.15) is 65.6 Å². The number of hydrogen-bond donors (Lipinski definition) is 1. The predicted molar refractivity (Wildman–Crippen MR) is 109 cm³/mol. The van der Waals surface area contributed by atoms with Crippen molar-refractivity contribution in [3.05, 3.63) is 30.1 Å². The van der Waals surface area contributed by atoms with Gasteiger partial charge in [0.2, 0.25) is 0 Å². The maximum atomic E-state index is 9.99. The summed E-state index contributed by atoms with van der Waals surface area (Å²) in [7, 11) is -0.152. The second-order valence-corrected chi connectivity index (χ2v) is 10.6. The zero-order valence-corrected chi connectivity index (χ0v) is 17.1. The summed E-state index contributed by atoms with van der Waals surface area (Å²) in [5.41, 5.74) is 2.40. The van der Waals surface area contributed by atoms with Gasteiger partial charge in [-0.05, 0) is 70.0 Å². The molecule has 2 heterocycles. The average molecular weight is 360 g/mol. The first-order valence-electron chi connectivity index (χ1n) is 9.80. The zero-order valence-electron chi connectivity index (χ0n) is 16.3. The van der Waals surface area contributed by atoms with Crippen LogP contribution in [0, 0.1) is 5.41 Å². The van der Waals surface area contributed by atoms with E-state index in [0.717, 1.165) is 24.8 Å². The molecule has 4 heteroatoms. The molecule has 2 atom stereocenters. The minimum atomic E-state index is -0.152. The molecule has 2 aromatic rings. The fraction of sp³-hybridized carbons (Fsp3) is 0.667. The second-order valence-electron chi connectivity index (χ2n) is 8.31. The van der Waals surface area contributed by atoms with Gasteiger partial charge in [-0.1, -0.05) is 39.8 Å². The Bertz CT molecular complexity index is 716. The third kappa shape index (κ3) is 3.51. The number of para-hydroxylation sites is 2. The van der Waals surface area contributed by atoms with Crippen molar-refractivity contribution in [1.82, 2.24) is 9.32 Å². The van der Waals surface area contributed by atoms with Crippen LogP contribution in [0.4, 0.5) is 0 Å². The maximum absolute atomic E-state index is 9.99. The lowest BCUT2D eigenvalue weighted by Crippen LogP contribution is -2.35. The molecule has 25 heavy (non-hydrogen) atoms. The minimum Gasteiger partial charge on any atom is -0.396 e. The van der Waals surface area contributed by atoms with Crippen molar-refractivity contribution in [3.63, 3.8) is 0 Å². The largest absolute Gasteiger partial charge is 0.396 e. The van der Waals surface area contributed by atoms with Gasteiger partial charge in [0.25, 0.3) is 0 Å². The van der Waals surface area contributed by atoms with Crippen LogP contribution >= 0.6 is 8.07 Å². The van der Waals surface area contributed by atoms with E-state index in [0.29, 0.717) is 0 Å². The van der Waals surface area contributed by atoms with Gasteiger partial charge in [0.05, 0.1) is 11.0 Å². The summed E-state index contributed by atoms with van der Waals surface area (Å²) in [5.74, 6) is 1.26. The number of rotatable bonds is 7. The molecule has 0 amide bonds. The monoisotopic (exact) mass is 360 g/mol. The molecule has 0 aliphatic carbocycles. The Labute approximate surface area is 153 Å². The van der Waals surface area contributed by atoms with E-state index < -0.39 is 0 Å². The molecule has 3 rings (SSSR count). The predicted octanol–water partition coefficient (Wildman–Crippen LogP) is 5.54. The van der Waals surface area contributed by atoms with Gasteiger partial charge in [-0.25, -0.2) is 4.98 Å². The Kier molecular flexibility index (Phi) is 5.56. The number of benzene rings is 1. The van der Waals surface area contributed by atoms with Crippen molar-refractivity contribution in [2.75, 3.05) is 18.9 Å². The Morgan fingerprint density at radius 2 is 1.80 bits per heavy atom. The molecule has 3 nitrogen and oxygen atoms in total. The summed E-state index contributed by atoms with van der Waals surface area (Å²) >= 11 is 0. The molecule has 1 aliphatic rings. The highest BCUT2D eigenvalue weighted by atomic mass is 31.1. The third-order valence-corrected chi connectivity index (χ3v) is 8.91. The van der Waals surface area contributed by atoms with E-state index in [1.54, 1.807) is 0 Å². The first-order valence-corrected chi connectivity index (χ1v) is 11.5. The molecular formula is C21H33N2OP. The summed E-state index contributed by atoms with van der Waals surface area (Å²) in [6.07, 6.45) is 8.38. The molecular weight excluding hydrogens is 327 g/mol. The standard InChI is InChI=1S/C21H33N2OP/c1-5-20(3,16-24)15-21(4,6-2)19-22-17-11-7-8-12-18(17)23(19)25-13-9-10-14-25/h7-8,11-12,24H,5-6,9-10,13-16H2,1-4H3. The van der Waals surface area contributed by atoms with E-state index in [1.807, 2.05) is 0 Å². The molecule has 0 saturated carbocycles. The van der Waals surface area contributed by atoms with E-state index in [9.17, 15) is 5.11 Å². The van der Waals surface area contributed by atoms with Crippen LogP contribution in [-0.2, 0) is 5.41 Å². The fourth-order valence-corrected chi connectivity index (χ4v) is 7.02. The van der Waals surface area contributed by atoms with Gasteiger partial charge in [0.1, 0.15) is 5.82 Å². The van der Waals surface area contributed by atoms with Crippen LogP contribution in [0.2, 0.25) is 0 Å². The Hall–Kier alpha value is -0.920. The van der Waals surface area contributed by atoms with Gasteiger partial charge in [-0.2, -0.15) is 0 Å². The molecule has 1 aromatic heterocycles. The van der Waals surface area contributed by atoms with Crippen LogP contribution in [-0.4, -0.2) is 33.4 Å². The molecule has 1 fully saturated rings. The van der Waals surface area contributed by atoms with Gasteiger partial charge >= 0.3 is 0 Å². The Morgan fingerprint density at radius 1 is 1.12 bits per heavy atom. The first-order chi connectivity index (χ1) is 12.0. The maximum Gasteiger partial charge on any atom is 0.119 e. The summed E-state index contributed by atoms with van der Waals surface area (Å²) in [6, 6.07) is 8.64. The number of hydrogen-bond acceptors (Lipinski definition) is 2.